The van der Waals surface area contributed by atoms with Gasteiger partial charge < -0.3 is 19.3 Å². The molecule has 1 aromatic heterocycles. The molecule has 0 bridgehead atoms. The van der Waals surface area contributed by atoms with Gasteiger partial charge in [-0.3, -0.25) is 4.98 Å². The first-order chi connectivity index (χ1) is 10.3. The number of aliphatic hydroxyl groups is 1. The topological polar surface area (TPSA) is 60.8 Å². The molecule has 1 N–H and O–H groups in total. The summed E-state index contributed by atoms with van der Waals surface area (Å²) in [5.74, 6) is 0.749. The van der Waals surface area contributed by atoms with Crippen LogP contribution >= 0.6 is 0 Å². The molecule has 0 spiro atoms. The zero-order chi connectivity index (χ0) is 14.7. The van der Waals surface area contributed by atoms with Gasteiger partial charge in [-0.1, -0.05) is 6.07 Å². The summed E-state index contributed by atoms with van der Waals surface area (Å²) in [5, 5.41) is 10.8. The number of aliphatic hydroxyl groups excluding tert-OH is 1. The third-order valence-corrected chi connectivity index (χ3v) is 3.68. The van der Waals surface area contributed by atoms with Gasteiger partial charge in [0.2, 0.25) is 0 Å². The first-order valence-corrected chi connectivity index (χ1v) is 7.08. The fourth-order valence-corrected chi connectivity index (χ4v) is 2.45. The Morgan fingerprint density at radius 3 is 3.00 bits per heavy atom. The van der Waals surface area contributed by atoms with E-state index in [1.807, 2.05) is 30.3 Å². The first kappa shape index (κ1) is 14.3. The summed E-state index contributed by atoms with van der Waals surface area (Å²) in [7, 11) is 1.62. The molecule has 0 saturated heterocycles. The highest BCUT2D eigenvalue weighted by atomic mass is 16.6. The number of hydrogen-bond acceptors (Lipinski definition) is 5. The Kier molecular flexibility index (Phi) is 4.34. The van der Waals surface area contributed by atoms with Gasteiger partial charge in [-0.25, -0.2) is 0 Å². The molecule has 5 heteroatoms. The maximum atomic E-state index is 9.77. The van der Waals surface area contributed by atoms with Gasteiger partial charge in [-0.05, 0) is 18.2 Å². The van der Waals surface area contributed by atoms with Crippen LogP contribution < -0.4 is 4.74 Å². The normalized spacial score (nSPS) is 24.8. The van der Waals surface area contributed by atoms with Crippen LogP contribution in [0.15, 0.2) is 36.5 Å². The molecule has 0 amide bonds. The molecule has 3 atom stereocenters. The van der Waals surface area contributed by atoms with Gasteiger partial charge in [-0.2, -0.15) is 0 Å². The molecule has 1 fully saturated rings. The lowest BCUT2D eigenvalue weighted by Crippen LogP contribution is -2.55. The van der Waals surface area contributed by atoms with Gasteiger partial charge in [0.25, 0.3) is 0 Å². The minimum absolute atomic E-state index is 0.127. The molecule has 0 radical (unpaired) electrons. The molecular formula is C16H19NO4. The number of hydrogen-bond donors (Lipinski definition) is 1. The van der Waals surface area contributed by atoms with Crippen molar-refractivity contribution in [3.63, 3.8) is 0 Å². The SMILES string of the molecule is COCCOC1C(O)CC1Oc1ccc2cccnc2c1. The number of aromatic nitrogens is 1. The van der Waals surface area contributed by atoms with Crippen LogP contribution in [0.2, 0.25) is 0 Å². The molecular weight excluding hydrogens is 270 g/mol. The Labute approximate surface area is 123 Å². The van der Waals surface area contributed by atoms with E-state index in [1.165, 1.54) is 0 Å². The van der Waals surface area contributed by atoms with Gasteiger partial charge in [0.1, 0.15) is 18.0 Å². The fourth-order valence-electron chi connectivity index (χ4n) is 2.45. The van der Waals surface area contributed by atoms with Crippen LogP contribution in [0, 0.1) is 0 Å². The van der Waals surface area contributed by atoms with E-state index < -0.39 is 6.10 Å². The predicted octanol–water partition coefficient (Wildman–Crippen LogP) is 1.78. The van der Waals surface area contributed by atoms with E-state index in [2.05, 4.69) is 4.98 Å². The number of nitrogens with zero attached hydrogens (tertiary/aromatic N) is 1. The molecule has 1 aromatic carbocycles. The van der Waals surface area contributed by atoms with Crippen molar-refractivity contribution in [2.45, 2.75) is 24.7 Å². The van der Waals surface area contributed by atoms with Crippen LogP contribution in [-0.2, 0) is 9.47 Å². The Bertz CT molecular complexity index is 604. The van der Waals surface area contributed by atoms with Gasteiger partial charge in [0, 0.05) is 31.2 Å². The second-order valence-electron chi connectivity index (χ2n) is 5.15. The van der Waals surface area contributed by atoms with Crippen molar-refractivity contribution in [1.82, 2.24) is 4.98 Å². The summed E-state index contributed by atoms with van der Waals surface area (Å²) in [6.45, 7) is 0.965. The average Bonchev–Trinajstić information content (AvgIpc) is 2.51. The van der Waals surface area contributed by atoms with Crippen molar-refractivity contribution in [3.8, 4) is 5.75 Å². The van der Waals surface area contributed by atoms with E-state index in [0.29, 0.717) is 19.6 Å². The minimum Gasteiger partial charge on any atom is -0.487 e. The number of ether oxygens (including phenoxy) is 3. The molecule has 3 rings (SSSR count). The van der Waals surface area contributed by atoms with E-state index >= 15 is 0 Å². The van der Waals surface area contributed by atoms with Crippen LogP contribution in [0.3, 0.4) is 0 Å². The number of pyridine rings is 1. The van der Waals surface area contributed by atoms with Crippen molar-refractivity contribution < 1.29 is 19.3 Å². The molecule has 21 heavy (non-hydrogen) atoms. The molecule has 2 aromatic rings. The molecule has 5 nitrogen and oxygen atoms in total. The highest BCUT2D eigenvalue weighted by Crippen LogP contribution is 2.30. The van der Waals surface area contributed by atoms with Crippen LogP contribution in [0.4, 0.5) is 0 Å². The first-order valence-electron chi connectivity index (χ1n) is 7.08. The van der Waals surface area contributed by atoms with Crippen LogP contribution in [0.5, 0.6) is 5.75 Å². The molecule has 112 valence electrons. The number of methoxy groups -OCH3 is 1. The minimum atomic E-state index is -0.467. The quantitative estimate of drug-likeness (QED) is 0.821. The summed E-state index contributed by atoms with van der Waals surface area (Å²) < 4.78 is 16.4. The predicted molar refractivity (Wildman–Crippen MR) is 78.4 cm³/mol. The van der Waals surface area contributed by atoms with E-state index in [9.17, 15) is 5.11 Å². The molecule has 1 aliphatic carbocycles. The molecule has 1 heterocycles. The molecule has 0 aliphatic heterocycles. The van der Waals surface area contributed by atoms with Crippen molar-refractivity contribution in [1.29, 1.82) is 0 Å². The average molecular weight is 289 g/mol. The van der Waals surface area contributed by atoms with E-state index in [4.69, 9.17) is 14.2 Å². The van der Waals surface area contributed by atoms with Crippen LogP contribution in [0.25, 0.3) is 10.9 Å². The summed E-state index contributed by atoms with van der Waals surface area (Å²) in [5.41, 5.74) is 0.895. The number of rotatable bonds is 6. The van der Waals surface area contributed by atoms with Crippen molar-refractivity contribution in [3.05, 3.63) is 36.5 Å². The lowest BCUT2D eigenvalue weighted by Gasteiger charge is -2.40. The molecule has 3 unspecified atom stereocenters. The highest BCUT2D eigenvalue weighted by molar-refractivity contribution is 5.79. The standard InChI is InChI=1S/C16H19NO4/c1-19-7-8-20-16-14(18)10-15(16)21-12-5-4-11-3-2-6-17-13(11)9-12/h2-6,9,14-16,18H,7-8,10H2,1H3. The zero-order valence-corrected chi connectivity index (χ0v) is 11.9. The Balaban J connectivity index is 1.64. The maximum Gasteiger partial charge on any atom is 0.130 e. The van der Waals surface area contributed by atoms with Crippen LogP contribution in [0.1, 0.15) is 6.42 Å². The third-order valence-electron chi connectivity index (χ3n) is 3.68. The third kappa shape index (κ3) is 3.15. The molecule has 1 saturated carbocycles. The maximum absolute atomic E-state index is 9.77. The molecule has 1 aliphatic rings. The highest BCUT2D eigenvalue weighted by Gasteiger charge is 2.42. The monoisotopic (exact) mass is 289 g/mol. The Hall–Kier alpha value is -1.69. The Morgan fingerprint density at radius 1 is 1.29 bits per heavy atom. The second kappa shape index (κ2) is 6.39. The smallest absolute Gasteiger partial charge is 0.130 e. The number of benzene rings is 1. The zero-order valence-electron chi connectivity index (χ0n) is 11.9. The number of fused-ring (bicyclic) bond motifs is 1. The van der Waals surface area contributed by atoms with Crippen LogP contribution in [-0.4, -0.2) is 48.7 Å². The lowest BCUT2D eigenvalue weighted by atomic mass is 9.88. The van der Waals surface area contributed by atoms with Crippen molar-refractivity contribution in [2.24, 2.45) is 0 Å². The lowest BCUT2D eigenvalue weighted by molar-refractivity contribution is -0.167. The summed E-state index contributed by atoms with van der Waals surface area (Å²) in [4.78, 5) is 4.31. The largest absolute Gasteiger partial charge is 0.487 e. The van der Waals surface area contributed by atoms with Gasteiger partial charge >= 0.3 is 0 Å². The summed E-state index contributed by atoms with van der Waals surface area (Å²) >= 11 is 0. The van der Waals surface area contributed by atoms with E-state index in [0.717, 1.165) is 16.7 Å². The van der Waals surface area contributed by atoms with Crippen molar-refractivity contribution >= 4 is 10.9 Å². The van der Waals surface area contributed by atoms with Crippen molar-refractivity contribution in [2.75, 3.05) is 20.3 Å². The summed E-state index contributed by atoms with van der Waals surface area (Å²) in [6.07, 6.45) is 1.45. The van der Waals surface area contributed by atoms with E-state index in [1.54, 1.807) is 13.3 Å². The van der Waals surface area contributed by atoms with Gasteiger partial charge in [0.15, 0.2) is 0 Å². The summed E-state index contributed by atoms with van der Waals surface area (Å²) in [6, 6.07) is 9.72. The second-order valence-corrected chi connectivity index (χ2v) is 5.15. The fraction of sp³-hybridized carbons (Fsp3) is 0.438. The van der Waals surface area contributed by atoms with Gasteiger partial charge in [0.05, 0.1) is 24.8 Å². The van der Waals surface area contributed by atoms with E-state index in [-0.39, 0.29) is 12.2 Å². The van der Waals surface area contributed by atoms with Gasteiger partial charge in [-0.15, -0.1) is 0 Å². The Morgan fingerprint density at radius 2 is 2.19 bits per heavy atom.